The van der Waals surface area contributed by atoms with E-state index in [-0.39, 0.29) is 30.4 Å². The molecular formula is C33H37ClN4O4. The molecule has 0 spiro atoms. The van der Waals surface area contributed by atoms with Crippen LogP contribution in [0.15, 0.2) is 77.6 Å². The number of aromatic nitrogens is 2. The number of benzene rings is 3. The summed E-state index contributed by atoms with van der Waals surface area (Å²) in [4.78, 5) is 50.6. The first-order valence-corrected chi connectivity index (χ1v) is 14.4. The van der Waals surface area contributed by atoms with Crippen molar-refractivity contribution in [3.63, 3.8) is 0 Å². The molecule has 9 heteroatoms. The number of rotatable bonds is 11. The molecule has 220 valence electrons. The zero-order chi connectivity index (χ0) is 30.4. The molecule has 3 aromatic carbocycles. The summed E-state index contributed by atoms with van der Waals surface area (Å²) in [5, 5.41) is 0.764. The number of nitrogens with zero attached hydrogens (tertiary/aromatic N) is 4. The molecule has 1 unspecified atom stereocenters. The van der Waals surface area contributed by atoms with Crippen molar-refractivity contribution in [1.29, 1.82) is 0 Å². The highest BCUT2D eigenvalue weighted by Crippen LogP contribution is 2.27. The van der Waals surface area contributed by atoms with E-state index in [2.05, 4.69) is 0 Å². The first-order valence-electron chi connectivity index (χ1n) is 14.0. The number of carbonyl (C=O) groups is 2. The van der Waals surface area contributed by atoms with Crippen LogP contribution in [-0.4, -0.2) is 64.5 Å². The van der Waals surface area contributed by atoms with Crippen LogP contribution in [-0.2, 0) is 16.1 Å². The molecule has 1 heterocycles. The third-order valence-corrected chi connectivity index (χ3v) is 7.06. The van der Waals surface area contributed by atoms with Gasteiger partial charge in [0.15, 0.2) is 6.04 Å². The van der Waals surface area contributed by atoms with E-state index in [1.54, 1.807) is 44.2 Å². The summed E-state index contributed by atoms with van der Waals surface area (Å²) in [5.74, 6) is -0.897. The third-order valence-electron chi connectivity index (χ3n) is 6.83. The molecule has 0 fully saturated rings. The molecule has 8 nitrogen and oxygen atoms in total. The maximum absolute atomic E-state index is 14.2. The molecule has 42 heavy (non-hydrogen) atoms. The Morgan fingerprint density at radius 1 is 0.976 bits per heavy atom. The molecule has 1 aromatic heterocycles. The molecule has 0 bridgehead atoms. The van der Waals surface area contributed by atoms with Gasteiger partial charge in [-0.3, -0.25) is 14.2 Å². The molecule has 4 aromatic rings. The highest BCUT2D eigenvalue weighted by molar-refractivity contribution is 6.31. The van der Waals surface area contributed by atoms with Crippen LogP contribution < -0.4 is 5.56 Å². The fraction of sp³-hybridized carbons (Fsp3) is 0.333. The highest BCUT2D eigenvalue weighted by atomic mass is 35.5. The molecular weight excluding hydrogens is 552 g/mol. The van der Waals surface area contributed by atoms with Crippen molar-refractivity contribution in [3.05, 3.63) is 111 Å². The van der Waals surface area contributed by atoms with Gasteiger partial charge in [0.25, 0.3) is 11.5 Å². The fourth-order valence-electron chi connectivity index (χ4n) is 4.77. The standard InChI is InChI=1S/C33H37ClN4O4/c1-22(2)42-33(41)29(37(19-9-18-36(4)5)31(39)25-14-12-23(3)13-15-25)30-35-28-20-26(34)16-17-27(28)32(40)38(30)21-24-10-7-6-8-11-24/h6-8,10-17,20,22,29H,9,18-19,21H2,1-5H3. The molecule has 1 amide bonds. The van der Waals surface area contributed by atoms with Gasteiger partial charge in [-0.25, -0.2) is 9.78 Å². The van der Waals surface area contributed by atoms with E-state index in [9.17, 15) is 14.4 Å². The maximum atomic E-state index is 14.2. The van der Waals surface area contributed by atoms with E-state index >= 15 is 0 Å². The van der Waals surface area contributed by atoms with Gasteiger partial charge < -0.3 is 14.5 Å². The van der Waals surface area contributed by atoms with E-state index in [1.165, 1.54) is 9.47 Å². The van der Waals surface area contributed by atoms with Crippen molar-refractivity contribution in [2.45, 2.75) is 45.9 Å². The molecule has 0 N–H and O–H groups in total. The van der Waals surface area contributed by atoms with Gasteiger partial charge in [-0.2, -0.15) is 0 Å². The molecule has 0 aliphatic rings. The number of hydrogen-bond acceptors (Lipinski definition) is 6. The van der Waals surface area contributed by atoms with Crippen molar-refractivity contribution in [2.75, 3.05) is 27.2 Å². The van der Waals surface area contributed by atoms with Crippen LogP contribution in [0, 0.1) is 6.92 Å². The zero-order valence-corrected chi connectivity index (χ0v) is 25.5. The number of hydrogen-bond donors (Lipinski definition) is 0. The lowest BCUT2D eigenvalue weighted by Crippen LogP contribution is -2.44. The lowest BCUT2D eigenvalue weighted by atomic mass is 10.1. The Balaban J connectivity index is 1.97. The van der Waals surface area contributed by atoms with E-state index in [0.717, 1.165) is 11.1 Å². The summed E-state index contributed by atoms with van der Waals surface area (Å²) in [5.41, 5.74) is 2.27. The highest BCUT2D eigenvalue weighted by Gasteiger charge is 2.37. The van der Waals surface area contributed by atoms with Gasteiger partial charge in [-0.1, -0.05) is 59.6 Å². The van der Waals surface area contributed by atoms with Gasteiger partial charge >= 0.3 is 5.97 Å². The Morgan fingerprint density at radius 2 is 1.67 bits per heavy atom. The topological polar surface area (TPSA) is 84.7 Å². The average Bonchev–Trinajstić information content (AvgIpc) is 2.94. The van der Waals surface area contributed by atoms with E-state index < -0.39 is 18.1 Å². The van der Waals surface area contributed by atoms with E-state index in [0.29, 0.717) is 34.5 Å². The molecule has 0 saturated heterocycles. The summed E-state index contributed by atoms with van der Waals surface area (Å²) >= 11 is 6.30. The van der Waals surface area contributed by atoms with Crippen molar-refractivity contribution in [2.24, 2.45) is 0 Å². The van der Waals surface area contributed by atoms with Crippen LogP contribution in [0.1, 0.15) is 53.6 Å². The Labute approximate surface area is 251 Å². The number of aryl methyl sites for hydroxylation is 1. The third kappa shape index (κ3) is 7.43. The van der Waals surface area contributed by atoms with Gasteiger partial charge in [-0.15, -0.1) is 0 Å². The summed E-state index contributed by atoms with van der Waals surface area (Å²) in [6.45, 7) is 6.50. The number of halogens is 1. The number of amides is 1. The molecule has 0 aliphatic carbocycles. The minimum Gasteiger partial charge on any atom is -0.461 e. The normalized spacial score (nSPS) is 12.1. The predicted octanol–water partition coefficient (Wildman–Crippen LogP) is 5.49. The lowest BCUT2D eigenvalue weighted by molar-refractivity contribution is -0.153. The average molecular weight is 589 g/mol. The summed E-state index contributed by atoms with van der Waals surface area (Å²) in [6, 6.07) is 20.2. The first-order chi connectivity index (χ1) is 20.0. The van der Waals surface area contributed by atoms with Crippen molar-refractivity contribution in [1.82, 2.24) is 19.4 Å². The van der Waals surface area contributed by atoms with Crippen LogP contribution in [0.4, 0.5) is 0 Å². The number of fused-ring (bicyclic) bond motifs is 1. The molecule has 1 atom stereocenters. The second-order valence-electron chi connectivity index (χ2n) is 10.9. The smallest absolute Gasteiger partial charge is 0.337 e. The molecule has 4 rings (SSSR count). The van der Waals surface area contributed by atoms with Crippen LogP contribution in [0.5, 0.6) is 0 Å². The SMILES string of the molecule is Cc1ccc(C(=O)N(CCCN(C)C)C(C(=O)OC(C)C)c2nc3cc(Cl)ccc3c(=O)n2Cc2ccccc2)cc1. The minimum atomic E-state index is -1.29. The molecule has 0 saturated carbocycles. The molecule has 0 aliphatic heterocycles. The van der Waals surface area contributed by atoms with Crippen LogP contribution in [0.3, 0.4) is 0 Å². The van der Waals surface area contributed by atoms with Crippen LogP contribution >= 0.6 is 11.6 Å². The number of esters is 1. The Hall–Kier alpha value is -4.01. The fourth-order valence-corrected chi connectivity index (χ4v) is 4.94. The van der Waals surface area contributed by atoms with Gasteiger partial charge in [-0.05, 0) is 83.7 Å². The summed E-state index contributed by atoms with van der Waals surface area (Å²) in [7, 11) is 3.89. The lowest BCUT2D eigenvalue weighted by Gasteiger charge is -2.32. The second-order valence-corrected chi connectivity index (χ2v) is 11.4. The number of carbonyl (C=O) groups excluding carboxylic acids is 2. The predicted molar refractivity (Wildman–Crippen MR) is 166 cm³/mol. The first kappa shape index (κ1) is 30.9. The second kappa shape index (κ2) is 13.8. The maximum Gasteiger partial charge on any atom is 0.337 e. The van der Waals surface area contributed by atoms with E-state index in [4.69, 9.17) is 21.3 Å². The van der Waals surface area contributed by atoms with Crippen molar-refractivity contribution in [3.8, 4) is 0 Å². The largest absolute Gasteiger partial charge is 0.461 e. The van der Waals surface area contributed by atoms with Gasteiger partial charge in [0.05, 0.1) is 23.6 Å². The Bertz CT molecular complexity index is 1600. The Morgan fingerprint density at radius 3 is 2.31 bits per heavy atom. The monoisotopic (exact) mass is 588 g/mol. The summed E-state index contributed by atoms with van der Waals surface area (Å²) < 4.78 is 7.21. The number of ether oxygens (including phenoxy) is 1. The zero-order valence-electron chi connectivity index (χ0n) is 24.7. The van der Waals surface area contributed by atoms with Crippen molar-refractivity contribution >= 4 is 34.4 Å². The summed E-state index contributed by atoms with van der Waals surface area (Å²) in [6.07, 6.45) is 0.126. The van der Waals surface area contributed by atoms with Crippen LogP contribution in [0.2, 0.25) is 5.02 Å². The Kier molecular flexibility index (Phi) is 10.1. The van der Waals surface area contributed by atoms with Gasteiger partial charge in [0.2, 0.25) is 0 Å². The van der Waals surface area contributed by atoms with Crippen LogP contribution in [0.25, 0.3) is 10.9 Å². The van der Waals surface area contributed by atoms with Gasteiger partial charge in [0, 0.05) is 17.1 Å². The van der Waals surface area contributed by atoms with Gasteiger partial charge in [0.1, 0.15) is 5.82 Å². The molecule has 0 radical (unpaired) electrons. The minimum absolute atomic E-state index is 0.120. The van der Waals surface area contributed by atoms with E-state index in [1.807, 2.05) is 68.4 Å². The quantitative estimate of drug-likeness (QED) is 0.215. The van der Waals surface area contributed by atoms with Crippen molar-refractivity contribution < 1.29 is 14.3 Å².